The molecule has 17 heavy (non-hydrogen) atoms. The van der Waals surface area contributed by atoms with E-state index in [2.05, 4.69) is 30.3 Å². The van der Waals surface area contributed by atoms with E-state index in [0.29, 0.717) is 0 Å². The third-order valence-corrected chi connectivity index (χ3v) is 2.60. The van der Waals surface area contributed by atoms with Gasteiger partial charge < -0.3 is 10.3 Å². The summed E-state index contributed by atoms with van der Waals surface area (Å²) in [7, 11) is 0. The summed E-state index contributed by atoms with van der Waals surface area (Å²) in [6.45, 7) is 6.69. The molecule has 1 aromatic heterocycles. The van der Waals surface area contributed by atoms with Crippen molar-refractivity contribution in [2.24, 2.45) is 5.41 Å². The minimum absolute atomic E-state index is 0.256. The van der Waals surface area contributed by atoms with E-state index in [4.69, 9.17) is 5.73 Å². The van der Waals surface area contributed by atoms with Crippen LogP contribution in [0.15, 0.2) is 36.8 Å². The van der Waals surface area contributed by atoms with E-state index in [-0.39, 0.29) is 5.41 Å². The average molecular weight is 229 g/mol. The lowest BCUT2D eigenvalue weighted by molar-refractivity contribution is 0.404. The summed E-state index contributed by atoms with van der Waals surface area (Å²) in [5, 5.41) is 0. The van der Waals surface area contributed by atoms with Crippen LogP contribution in [-0.2, 0) is 6.42 Å². The van der Waals surface area contributed by atoms with Crippen LogP contribution in [-0.4, -0.2) is 9.55 Å². The monoisotopic (exact) mass is 229 g/mol. The summed E-state index contributed by atoms with van der Waals surface area (Å²) in [6, 6.07) is 7.86. The van der Waals surface area contributed by atoms with E-state index < -0.39 is 0 Å². The predicted octanol–water partition coefficient (Wildman–Crippen LogP) is 3.04. The van der Waals surface area contributed by atoms with E-state index >= 15 is 0 Å². The summed E-state index contributed by atoms with van der Waals surface area (Å²) < 4.78 is 2.12. The maximum Gasteiger partial charge on any atom is 0.0994 e. The molecule has 1 heterocycles. The number of rotatable bonds is 2. The number of nitrogen functional groups attached to an aromatic ring is 1. The van der Waals surface area contributed by atoms with Crippen molar-refractivity contribution in [2.45, 2.75) is 27.2 Å². The Balaban J connectivity index is 2.33. The van der Waals surface area contributed by atoms with Crippen LogP contribution >= 0.6 is 0 Å². The molecule has 2 rings (SSSR count). The Labute approximate surface area is 102 Å². The average Bonchev–Trinajstić information content (AvgIpc) is 2.64. The summed E-state index contributed by atoms with van der Waals surface area (Å²) in [4.78, 5) is 4.24. The van der Waals surface area contributed by atoms with Crippen molar-refractivity contribution in [3.8, 4) is 5.69 Å². The van der Waals surface area contributed by atoms with Gasteiger partial charge in [-0.25, -0.2) is 4.98 Å². The first-order valence-corrected chi connectivity index (χ1v) is 5.83. The quantitative estimate of drug-likeness (QED) is 0.804. The van der Waals surface area contributed by atoms with Gasteiger partial charge in [0.25, 0.3) is 0 Å². The number of imidazole rings is 1. The second kappa shape index (κ2) is 4.24. The molecule has 0 aliphatic carbocycles. The number of benzene rings is 1. The molecule has 0 saturated carbocycles. The summed E-state index contributed by atoms with van der Waals surface area (Å²) in [5.74, 6) is 0. The maximum atomic E-state index is 5.69. The highest BCUT2D eigenvalue weighted by atomic mass is 15.0. The van der Waals surface area contributed by atoms with Gasteiger partial charge in [-0.3, -0.25) is 0 Å². The van der Waals surface area contributed by atoms with Crippen LogP contribution < -0.4 is 5.73 Å². The first-order chi connectivity index (χ1) is 7.96. The number of aromatic nitrogens is 2. The first-order valence-electron chi connectivity index (χ1n) is 5.83. The molecule has 0 aliphatic rings. The van der Waals surface area contributed by atoms with Gasteiger partial charge in [-0.2, -0.15) is 0 Å². The number of nitrogens with two attached hydrogens (primary N) is 1. The van der Waals surface area contributed by atoms with Gasteiger partial charge in [0.1, 0.15) is 0 Å². The van der Waals surface area contributed by atoms with Crippen molar-refractivity contribution in [1.82, 2.24) is 9.55 Å². The fraction of sp³-hybridized carbons (Fsp3) is 0.357. The van der Waals surface area contributed by atoms with Crippen LogP contribution in [0.2, 0.25) is 0 Å². The Bertz CT molecular complexity index is 489. The molecule has 2 N–H and O–H groups in total. The van der Waals surface area contributed by atoms with Crippen LogP contribution in [0, 0.1) is 5.41 Å². The Kier molecular flexibility index (Phi) is 2.92. The third kappa shape index (κ3) is 2.87. The highest BCUT2D eigenvalue weighted by Gasteiger charge is 2.14. The zero-order valence-corrected chi connectivity index (χ0v) is 10.6. The molecule has 0 atom stereocenters. The number of hydrogen-bond acceptors (Lipinski definition) is 2. The lowest BCUT2D eigenvalue weighted by atomic mass is 9.91. The van der Waals surface area contributed by atoms with Gasteiger partial charge in [-0.1, -0.05) is 20.8 Å². The largest absolute Gasteiger partial charge is 0.399 e. The summed E-state index contributed by atoms with van der Waals surface area (Å²) in [6.07, 6.45) is 4.78. The topological polar surface area (TPSA) is 43.8 Å². The van der Waals surface area contributed by atoms with Crippen molar-refractivity contribution in [1.29, 1.82) is 0 Å². The standard InChI is InChI=1S/C14H19N3/c1-14(2,3)8-13-9-16-10-17(13)12-6-4-11(15)5-7-12/h4-7,9-10H,8,15H2,1-3H3. The van der Waals surface area contributed by atoms with Crippen molar-refractivity contribution in [2.75, 3.05) is 5.73 Å². The minimum Gasteiger partial charge on any atom is -0.399 e. The van der Waals surface area contributed by atoms with Gasteiger partial charge >= 0.3 is 0 Å². The van der Waals surface area contributed by atoms with Crippen molar-refractivity contribution < 1.29 is 0 Å². The van der Waals surface area contributed by atoms with Gasteiger partial charge in [0, 0.05) is 23.3 Å². The smallest absolute Gasteiger partial charge is 0.0994 e. The second-order valence-electron chi connectivity index (χ2n) is 5.58. The van der Waals surface area contributed by atoms with E-state index in [1.165, 1.54) is 5.69 Å². The molecule has 0 fully saturated rings. The first kappa shape index (κ1) is 11.7. The van der Waals surface area contributed by atoms with E-state index in [1.54, 1.807) is 0 Å². The van der Waals surface area contributed by atoms with Crippen molar-refractivity contribution >= 4 is 5.69 Å². The highest BCUT2D eigenvalue weighted by molar-refractivity contribution is 5.45. The Hall–Kier alpha value is -1.77. The zero-order valence-electron chi connectivity index (χ0n) is 10.6. The number of anilines is 1. The molecule has 1 aromatic carbocycles. The van der Waals surface area contributed by atoms with Crippen molar-refractivity contribution in [3.63, 3.8) is 0 Å². The molecule has 2 aromatic rings. The molecule has 3 heteroatoms. The van der Waals surface area contributed by atoms with Crippen molar-refractivity contribution in [3.05, 3.63) is 42.5 Å². The minimum atomic E-state index is 0.256. The Morgan fingerprint density at radius 3 is 2.41 bits per heavy atom. The highest BCUT2D eigenvalue weighted by Crippen LogP contribution is 2.22. The molecule has 0 radical (unpaired) electrons. The SMILES string of the molecule is CC(C)(C)Cc1cncn1-c1ccc(N)cc1. The fourth-order valence-corrected chi connectivity index (χ4v) is 1.86. The van der Waals surface area contributed by atoms with Gasteiger partial charge in [0.05, 0.1) is 6.33 Å². The van der Waals surface area contributed by atoms with Crippen LogP contribution in [0.1, 0.15) is 26.5 Å². The zero-order chi connectivity index (χ0) is 12.5. The normalized spacial score (nSPS) is 11.7. The molecule has 90 valence electrons. The molecule has 0 bridgehead atoms. The number of nitrogens with zero attached hydrogens (tertiary/aromatic N) is 2. The van der Waals surface area contributed by atoms with Crippen LogP contribution in [0.25, 0.3) is 5.69 Å². The van der Waals surface area contributed by atoms with Gasteiger partial charge in [-0.15, -0.1) is 0 Å². The van der Waals surface area contributed by atoms with E-state index in [0.717, 1.165) is 17.8 Å². The molecule has 0 unspecified atom stereocenters. The second-order valence-corrected chi connectivity index (χ2v) is 5.58. The van der Waals surface area contributed by atoms with Gasteiger partial charge in [0.2, 0.25) is 0 Å². The lowest BCUT2D eigenvalue weighted by Gasteiger charge is -2.19. The number of hydrogen-bond donors (Lipinski definition) is 1. The van der Waals surface area contributed by atoms with E-state index in [1.807, 2.05) is 36.8 Å². The van der Waals surface area contributed by atoms with Gasteiger partial charge in [0.15, 0.2) is 0 Å². The maximum absolute atomic E-state index is 5.69. The van der Waals surface area contributed by atoms with E-state index in [9.17, 15) is 0 Å². The fourth-order valence-electron chi connectivity index (χ4n) is 1.86. The van der Waals surface area contributed by atoms with Crippen LogP contribution in [0.3, 0.4) is 0 Å². The van der Waals surface area contributed by atoms with Crippen LogP contribution in [0.5, 0.6) is 0 Å². The Morgan fingerprint density at radius 1 is 1.18 bits per heavy atom. The lowest BCUT2D eigenvalue weighted by Crippen LogP contribution is -2.12. The molecule has 0 saturated heterocycles. The third-order valence-electron chi connectivity index (χ3n) is 2.60. The molecular formula is C14H19N3. The Morgan fingerprint density at radius 2 is 1.82 bits per heavy atom. The molecule has 0 spiro atoms. The molecule has 0 aliphatic heterocycles. The molecule has 3 nitrogen and oxygen atoms in total. The van der Waals surface area contributed by atoms with Crippen LogP contribution in [0.4, 0.5) is 5.69 Å². The van der Waals surface area contributed by atoms with Gasteiger partial charge in [-0.05, 0) is 36.1 Å². The predicted molar refractivity (Wildman–Crippen MR) is 71.1 cm³/mol. The molecule has 0 amide bonds. The molecular weight excluding hydrogens is 210 g/mol. The summed E-state index contributed by atoms with van der Waals surface area (Å²) >= 11 is 0. The summed E-state index contributed by atoms with van der Waals surface area (Å²) in [5.41, 5.74) is 9.07.